The van der Waals surface area contributed by atoms with Crippen molar-refractivity contribution in [2.24, 2.45) is 0 Å². The average molecular weight is 328 g/mol. The van der Waals surface area contributed by atoms with Crippen LogP contribution >= 0.6 is 11.6 Å². The summed E-state index contributed by atoms with van der Waals surface area (Å²) in [5.74, 6) is -0.912. The molecular formula is C16H19ClFNO3. The van der Waals surface area contributed by atoms with Crippen molar-refractivity contribution in [1.29, 1.82) is 0 Å². The van der Waals surface area contributed by atoms with E-state index in [0.717, 1.165) is 25.9 Å². The first-order valence-corrected chi connectivity index (χ1v) is 7.99. The third-order valence-electron chi connectivity index (χ3n) is 4.18. The molecule has 1 aromatic carbocycles. The van der Waals surface area contributed by atoms with E-state index in [9.17, 15) is 9.18 Å². The van der Waals surface area contributed by atoms with Gasteiger partial charge < -0.3 is 14.4 Å². The minimum absolute atomic E-state index is 0.0345. The van der Waals surface area contributed by atoms with Crippen LogP contribution in [0.3, 0.4) is 0 Å². The van der Waals surface area contributed by atoms with Crippen LogP contribution in [-0.2, 0) is 9.47 Å². The number of ether oxygens (including phenoxy) is 2. The lowest BCUT2D eigenvalue weighted by Gasteiger charge is -2.33. The molecule has 2 saturated heterocycles. The van der Waals surface area contributed by atoms with Gasteiger partial charge >= 0.3 is 0 Å². The third kappa shape index (κ3) is 3.42. The van der Waals surface area contributed by atoms with Crippen molar-refractivity contribution in [2.45, 2.75) is 31.5 Å². The Kier molecular flexibility index (Phi) is 4.96. The summed E-state index contributed by atoms with van der Waals surface area (Å²) >= 11 is 5.96. The van der Waals surface area contributed by atoms with E-state index in [-0.39, 0.29) is 28.7 Å². The van der Waals surface area contributed by atoms with Crippen molar-refractivity contribution in [1.82, 2.24) is 4.90 Å². The van der Waals surface area contributed by atoms with E-state index in [4.69, 9.17) is 21.1 Å². The van der Waals surface area contributed by atoms with E-state index in [1.54, 1.807) is 4.90 Å². The first-order chi connectivity index (χ1) is 10.6. The maximum Gasteiger partial charge on any atom is 0.258 e. The van der Waals surface area contributed by atoms with Gasteiger partial charge in [0.25, 0.3) is 5.91 Å². The first kappa shape index (κ1) is 15.7. The number of benzene rings is 1. The van der Waals surface area contributed by atoms with Crippen molar-refractivity contribution >= 4 is 17.5 Å². The summed E-state index contributed by atoms with van der Waals surface area (Å²) in [6.45, 7) is 2.53. The van der Waals surface area contributed by atoms with E-state index < -0.39 is 5.82 Å². The molecule has 1 aromatic rings. The van der Waals surface area contributed by atoms with Gasteiger partial charge in [-0.3, -0.25) is 4.79 Å². The second-order valence-electron chi connectivity index (χ2n) is 5.71. The Morgan fingerprint density at radius 2 is 2.05 bits per heavy atom. The number of halogens is 2. The molecule has 0 aliphatic carbocycles. The predicted octanol–water partition coefficient (Wildman–Crippen LogP) is 2.89. The summed E-state index contributed by atoms with van der Waals surface area (Å²) in [7, 11) is 0. The monoisotopic (exact) mass is 327 g/mol. The topological polar surface area (TPSA) is 38.8 Å². The van der Waals surface area contributed by atoms with Crippen LogP contribution in [0.4, 0.5) is 4.39 Å². The number of amides is 1. The Hall–Kier alpha value is -1.17. The predicted molar refractivity (Wildman–Crippen MR) is 80.6 cm³/mol. The molecule has 2 aliphatic rings. The van der Waals surface area contributed by atoms with Gasteiger partial charge in [0, 0.05) is 19.7 Å². The molecule has 2 fully saturated rings. The first-order valence-electron chi connectivity index (χ1n) is 7.61. The summed E-state index contributed by atoms with van der Waals surface area (Å²) in [6.07, 6.45) is 2.77. The van der Waals surface area contributed by atoms with Gasteiger partial charge in [-0.15, -0.1) is 0 Å². The number of rotatable bonds is 3. The molecular weight excluding hydrogens is 309 g/mol. The maximum absolute atomic E-state index is 13.8. The molecule has 1 unspecified atom stereocenters. The minimum Gasteiger partial charge on any atom is -0.379 e. The molecule has 0 N–H and O–H groups in total. The van der Waals surface area contributed by atoms with Crippen molar-refractivity contribution in [3.05, 3.63) is 34.6 Å². The van der Waals surface area contributed by atoms with Crippen LogP contribution < -0.4 is 0 Å². The van der Waals surface area contributed by atoms with Crippen molar-refractivity contribution in [2.75, 3.05) is 26.3 Å². The van der Waals surface area contributed by atoms with Crippen LogP contribution in [0.15, 0.2) is 18.2 Å². The van der Waals surface area contributed by atoms with Gasteiger partial charge in [0.2, 0.25) is 0 Å². The highest BCUT2D eigenvalue weighted by atomic mass is 35.5. The number of carbonyl (C=O) groups is 1. The molecule has 2 aliphatic heterocycles. The number of hydrogen-bond donors (Lipinski definition) is 0. The summed E-state index contributed by atoms with van der Waals surface area (Å²) < 4.78 is 25.1. The fourth-order valence-corrected chi connectivity index (χ4v) is 3.19. The molecule has 2 heterocycles. The Morgan fingerprint density at radius 1 is 1.27 bits per heavy atom. The molecule has 1 amide bonds. The highest BCUT2D eigenvalue weighted by molar-refractivity contribution is 6.33. The van der Waals surface area contributed by atoms with E-state index >= 15 is 0 Å². The second kappa shape index (κ2) is 6.94. The molecule has 0 bridgehead atoms. The second-order valence-corrected chi connectivity index (χ2v) is 6.12. The van der Waals surface area contributed by atoms with Crippen LogP contribution in [0.1, 0.15) is 29.6 Å². The molecule has 120 valence electrons. The van der Waals surface area contributed by atoms with Gasteiger partial charge in [0.05, 0.1) is 29.4 Å². The van der Waals surface area contributed by atoms with Gasteiger partial charge in [-0.1, -0.05) is 17.7 Å². The summed E-state index contributed by atoms with van der Waals surface area (Å²) in [6, 6.07) is 4.29. The number of carbonyl (C=O) groups excluding carboxylic acids is 1. The normalized spacial score (nSPS) is 23.0. The molecule has 0 radical (unpaired) electrons. The lowest BCUT2D eigenvalue weighted by atomic mass is 10.1. The number of nitrogens with zero attached hydrogens (tertiary/aromatic N) is 1. The quantitative estimate of drug-likeness (QED) is 0.857. The zero-order valence-corrected chi connectivity index (χ0v) is 13.0. The lowest BCUT2D eigenvalue weighted by Crippen LogP contribution is -2.42. The summed E-state index contributed by atoms with van der Waals surface area (Å²) in [5.41, 5.74) is -0.0345. The molecule has 6 heteroatoms. The summed E-state index contributed by atoms with van der Waals surface area (Å²) in [4.78, 5) is 14.1. The van der Waals surface area contributed by atoms with Crippen LogP contribution in [0.25, 0.3) is 0 Å². The largest absolute Gasteiger partial charge is 0.379 e. The fourth-order valence-electron chi connectivity index (χ4n) is 2.95. The van der Waals surface area contributed by atoms with E-state index in [1.807, 2.05) is 0 Å². The molecule has 1 atom stereocenters. The zero-order chi connectivity index (χ0) is 15.5. The molecule has 0 spiro atoms. The van der Waals surface area contributed by atoms with Crippen LogP contribution in [-0.4, -0.2) is 49.3 Å². The minimum atomic E-state index is -0.570. The molecule has 0 saturated carbocycles. The molecule has 0 aromatic heterocycles. The number of likely N-dealkylation sites (tertiary alicyclic amines) is 1. The average Bonchev–Trinajstić information content (AvgIpc) is 3.00. The fraction of sp³-hybridized carbons (Fsp3) is 0.562. The van der Waals surface area contributed by atoms with Gasteiger partial charge in [-0.2, -0.15) is 0 Å². The van der Waals surface area contributed by atoms with Gasteiger partial charge in [0.15, 0.2) is 0 Å². The Balaban J connectivity index is 1.57. The van der Waals surface area contributed by atoms with Gasteiger partial charge in [-0.05, 0) is 31.4 Å². The maximum atomic E-state index is 13.8. The van der Waals surface area contributed by atoms with Crippen LogP contribution in [0.5, 0.6) is 0 Å². The highest BCUT2D eigenvalue weighted by Crippen LogP contribution is 2.24. The van der Waals surface area contributed by atoms with Crippen LogP contribution in [0.2, 0.25) is 5.02 Å². The summed E-state index contributed by atoms with van der Waals surface area (Å²) in [5, 5.41) is 0.159. The molecule has 4 nitrogen and oxygen atoms in total. The van der Waals surface area contributed by atoms with E-state index in [0.29, 0.717) is 19.7 Å². The van der Waals surface area contributed by atoms with Crippen molar-refractivity contribution in [3.63, 3.8) is 0 Å². The number of hydrogen-bond acceptors (Lipinski definition) is 3. The Morgan fingerprint density at radius 3 is 2.68 bits per heavy atom. The van der Waals surface area contributed by atoms with Crippen molar-refractivity contribution in [3.8, 4) is 0 Å². The SMILES string of the molecule is O=C(c1c(F)cccc1Cl)N1CCC(OC2CCOC2)CC1. The molecule has 22 heavy (non-hydrogen) atoms. The standard InChI is InChI=1S/C16H19ClFNO3/c17-13-2-1-3-14(18)15(13)16(20)19-7-4-11(5-8-19)22-12-6-9-21-10-12/h1-3,11-12H,4-10H2. The number of piperidine rings is 1. The third-order valence-corrected chi connectivity index (χ3v) is 4.49. The van der Waals surface area contributed by atoms with Gasteiger partial charge in [-0.25, -0.2) is 4.39 Å². The van der Waals surface area contributed by atoms with E-state index in [2.05, 4.69) is 0 Å². The van der Waals surface area contributed by atoms with Crippen LogP contribution in [0, 0.1) is 5.82 Å². The molecule has 3 rings (SSSR count). The van der Waals surface area contributed by atoms with Crippen molar-refractivity contribution < 1.29 is 18.7 Å². The Bertz CT molecular complexity index is 520. The Labute approximate surface area is 134 Å². The zero-order valence-electron chi connectivity index (χ0n) is 12.3. The smallest absolute Gasteiger partial charge is 0.258 e. The van der Waals surface area contributed by atoms with E-state index in [1.165, 1.54) is 18.2 Å². The highest BCUT2D eigenvalue weighted by Gasteiger charge is 2.29. The lowest BCUT2D eigenvalue weighted by molar-refractivity contribution is -0.0408. The van der Waals surface area contributed by atoms with Gasteiger partial charge in [0.1, 0.15) is 5.82 Å².